The molecule has 2 unspecified atom stereocenters. The van der Waals surface area contributed by atoms with Crippen LogP contribution in [0.3, 0.4) is 0 Å². The first-order valence-corrected chi connectivity index (χ1v) is 12.5. The maximum Gasteiger partial charge on any atom is 0.337 e. The molecule has 13 nitrogen and oxygen atoms in total. The Bertz CT molecular complexity index is 1140. The van der Waals surface area contributed by atoms with E-state index in [1.54, 1.807) is 24.3 Å². The van der Waals surface area contributed by atoms with Crippen molar-refractivity contribution in [2.24, 2.45) is 11.8 Å². The van der Waals surface area contributed by atoms with E-state index in [1.165, 1.54) is 32.4 Å². The van der Waals surface area contributed by atoms with E-state index in [1.807, 2.05) is 0 Å². The van der Waals surface area contributed by atoms with Crippen molar-refractivity contribution in [3.8, 4) is 5.75 Å². The number of carbonyl (C=O) groups is 2. The Balaban J connectivity index is 1.55. The van der Waals surface area contributed by atoms with Gasteiger partial charge in [0.1, 0.15) is 36.3 Å². The first-order valence-electron chi connectivity index (χ1n) is 12.5. The van der Waals surface area contributed by atoms with Crippen molar-refractivity contribution in [2.75, 3.05) is 27.4 Å². The van der Waals surface area contributed by atoms with Gasteiger partial charge < -0.3 is 54.0 Å². The standard InChI is InChI=1S/C27H32O13/c1-35-15-6-3-13(4-7-15)5-8-19(30)38-17-9-14(10-28)20-21(17)16(25(34)36-2)12-37-26(20)40-27-24(33)23(32)22(31)18(11-29)39-27/h3-9,12,17-18,20-24,26-29,31-33H,10-11H2,1-2H3/b8-5+/t17-,18-,20?,21?,22-,23+,24-,26+,27+/m1/s1. The molecular weight excluding hydrogens is 532 g/mol. The van der Waals surface area contributed by atoms with Crippen molar-refractivity contribution in [3.05, 3.63) is 59.4 Å². The average molecular weight is 565 g/mol. The number of benzene rings is 1. The molecule has 40 heavy (non-hydrogen) atoms. The van der Waals surface area contributed by atoms with Crippen LogP contribution in [0.2, 0.25) is 0 Å². The van der Waals surface area contributed by atoms with Gasteiger partial charge in [-0.3, -0.25) is 0 Å². The van der Waals surface area contributed by atoms with Crippen molar-refractivity contribution < 1.29 is 63.5 Å². The van der Waals surface area contributed by atoms with Gasteiger partial charge >= 0.3 is 11.9 Å². The van der Waals surface area contributed by atoms with E-state index in [2.05, 4.69) is 0 Å². The molecule has 0 saturated carbocycles. The summed E-state index contributed by atoms with van der Waals surface area (Å²) in [6.07, 6.45) is -4.82. The highest BCUT2D eigenvalue weighted by molar-refractivity contribution is 5.90. The summed E-state index contributed by atoms with van der Waals surface area (Å²) < 4.78 is 32.5. The minimum absolute atomic E-state index is 0.0118. The van der Waals surface area contributed by atoms with Gasteiger partial charge in [-0.2, -0.15) is 0 Å². The fourth-order valence-electron chi connectivity index (χ4n) is 4.93. The van der Waals surface area contributed by atoms with Gasteiger partial charge in [-0.15, -0.1) is 0 Å². The number of fused-ring (bicyclic) bond motifs is 1. The molecule has 0 bridgehead atoms. The van der Waals surface area contributed by atoms with Crippen LogP contribution in [0.1, 0.15) is 5.56 Å². The molecule has 13 heteroatoms. The summed E-state index contributed by atoms with van der Waals surface area (Å²) in [6, 6.07) is 6.95. The first kappa shape index (κ1) is 29.7. The Hall–Kier alpha value is -3.30. The number of methoxy groups -OCH3 is 2. The van der Waals surface area contributed by atoms with Crippen molar-refractivity contribution >= 4 is 18.0 Å². The third kappa shape index (κ3) is 6.05. The van der Waals surface area contributed by atoms with E-state index >= 15 is 0 Å². The second kappa shape index (κ2) is 12.9. The Morgan fingerprint density at radius 2 is 1.70 bits per heavy atom. The molecule has 3 aliphatic rings. The molecule has 1 aromatic carbocycles. The predicted molar refractivity (Wildman–Crippen MR) is 134 cm³/mol. The smallest absolute Gasteiger partial charge is 0.337 e. The SMILES string of the molecule is COC(=O)C1=CO[C@@H](O[C@@H]2O[C@H](CO)[C@@H](O)[C@H](O)[C@H]2O)C2C(CO)=C[C@@H](OC(=O)/C=C/c3ccc(OC)cc3)C12. The fraction of sp³-hybridized carbons (Fsp3) is 0.481. The number of aliphatic hydroxyl groups excluding tert-OH is 5. The van der Waals surface area contributed by atoms with E-state index in [0.29, 0.717) is 16.9 Å². The van der Waals surface area contributed by atoms with Crippen LogP contribution in [0.4, 0.5) is 0 Å². The van der Waals surface area contributed by atoms with Crippen LogP contribution >= 0.6 is 0 Å². The van der Waals surface area contributed by atoms with E-state index in [0.717, 1.165) is 6.26 Å². The fourth-order valence-corrected chi connectivity index (χ4v) is 4.93. The van der Waals surface area contributed by atoms with E-state index in [-0.39, 0.29) is 5.57 Å². The van der Waals surface area contributed by atoms with Crippen LogP contribution in [0.25, 0.3) is 6.08 Å². The Kier molecular flexibility index (Phi) is 9.58. The van der Waals surface area contributed by atoms with Crippen LogP contribution in [-0.4, -0.2) is 108 Å². The molecule has 2 aliphatic heterocycles. The van der Waals surface area contributed by atoms with Crippen molar-refractivity contribution in [3.63, 3.8) is 0 Å². The molecule has 4 rings (SSSR count). The lowest BCUT2D eigenvalue weighted by Gasteiger charge is -2.43. The monoisotopic (exact) mass is 564 g/mol. The quantitative estimate of drug-likeness (QED) is 0.140. The molecule has 9 atom stereocenters. The van der Waals surface area contributed by atoms with Gasteiger partial charge in [0.2, 0.25) is 6.29 Å². The molecule has 0 amide bonds. The van der Waals surface area contributed by atoms with Gasteiger partial charge in [0.25, 0.3) is 0 Å². The molecule has 218 valence electrons. The zero-order chi connectivity index (χ0) is 29.0. The second-order valence-electron chi connectivity index (χ2n) is 9.36. The average Bonchev–Trinajstić information content (AvgIpc) is 3.34. The first-order chi connectivity index (χ1) is 19.2. The van der Waals surface area contributed by atoms with Crippen LogP contribution < -0.4 is 4.74 Å². The molecule has 0 aromatic heterocycles. The molecule has 0 spiro atoms. The predicted octanol–water partition coefficient (Wildman–Crippen LogP) is -0.985. The van der Waals surface area contributed by atoms with Gasteiger partial charge in [-0.1, -0.05) is 12.1 Å². The molecule has 5 N–H and O–H groups in total. The number of aliphatic hydroxyl groups is 5. The highest BCUT2D eigenvalue weighted by Gasteiger charge is 2.53. The summed E-state index contributed by atoms with van der Waals surface area (Å²) in [5, 5.41) is 50.2. The molecule has 0 radical (unpaired) electrons. The zero-order valence-corrected chi connectivity index (χ0v) is 21.7. The maximum absolute atomic E-state index is 12.7. The van der Waals surface area contributed by atoms with Crippen molar-refractivity contribution in [1.29, 1.82) is 0 Å². The third-order valence-corrected chi connectivity index (χ3v) is 7.03. The number of ether oxygens (including phenoxy) is 6. The number of esters is 2. The summed E-state index contributed by atoms with van der Waals surface area (Å²) in [6.45, 7) is -1.18. The van der Waals surface area contributed by atoms with Gasteiger partial charge in [0.05, 0.1) is 45.2 Å². The summed E-state index contributed by atoms with van der Waals surface area (Å²) in [7, 11) is 2.71. The lowest BCUT2D eigenvalue weighted by Crippen LogP contribution is -2.60. The second-order valence-corrected chi connectivity index (χ2v) is 9.36. The highest BCUT2D eigenvalue weighted by Crippen LogP contribution is 2.45. The van der Waals surface area contributed by atoms with E-state index in [9.17, 15) is 35.1 Å². The molecule has 1 fully saturated rings. The van der Waals surface area contributed by atoms with Gasteiger partial charge in [-0.05, 0) is 35.4 Å². The molecule has 2 heterocycles. The van der Waals surface area contributed by atoms with Gasteiger partial charge in [-0.25, -0.2) is 9.59 Å². The van der Waals surface area contributed by atoms with Crippen molar-refractivity contribution in [2.45, 2.75) is 43.1 Å². The number of carbonyl (C=O) groups excluding carboxylic acids is 2. The lowest BCUT2D eigenvalue weighted by molar-refractivity contribution is -0.340. The summed E-state index contributed by atoms with van der Waals surface area (Å²) in [5.74, 6) is -2.64. The molecular formula is C27H32O13. The largest absolute Gasteiger partial charge is 0.497 e. The van der Waals surface area contributed by atoms with Crippen molar-refractivity contribution in [1.82, 2.24) is 0 Å². The van der Waals surface area contributed by atoms with E-state index < -0.39 is 80.1 Å². The normalized spacial score (nSPS) is 33.4. The number of hydrogen-bond donors (Lipinski definition) is 5. The van der Waals surface area contributed by atoms with Gasteiger partial charge in [0, 0.05) is 12.0 Å². The van der Waals surface area contributed by atoms with Crippen LogP contribution in [-0.2, 0) is 33.3 Å². The zero-order valence-electron chi connectivity index (χ0n) is 21.7. The Morgan fingerprint density at radius 3 is 2.33 bits per heavy atom. The molecule has 1 aromatic rings. The number of hydrogen-bond acceptors (Lipinski definition) is 13. The topological polar surface area (TPSA) is 191 Å². The molecule has 1 aliphatic carbocycles. The minimum Gasteiger partial charge on any atom is -0.497 e. The summed E-state index contributed by atoms with van der Waals surface area (Å²) in [5.41, 5.74) is 1.03. The van der Waals surface area contributed by atoms with Crippen LogP contribution in [0.5, 0.6) is 5.75 Å². The third-order valence-electron chi connectivity index (χ3n) is 7.03. The molecule has 1 saturated heterocycles. The van der Waals surface area contributed by atoms with Gasteiger partial charge in [0.15, 0.2) is 6.29 Å². The highest BCUT2D eigenvalue weighted by atomic mass is 16.8. The lowest BCUT2D eigenvalue weighted by atomic mass is 9.82. The van der Waals surface area contributed by atoms with Crippen LogP contribution in [0, 0.1) is 11.8 Å². The Labute approximate surface area is 229 Å². The maximum atomic E-state index is 12.7. The van der Waals surface area contributed by atoms with E-state index in [4.69, 9.17) is 28.4 Å². The Morgan fingerprint density at radius 1 is 0.975 bits per heavy atom. The number of rotatable bonds is 9. The minimum atomic E-state index is -1.72. The van der Waals surface area contributed by atoms with Crippen LogP contribution in [0.15, 0.2) is 53.8 Å². The summed E-state index contributed by atoms with van der Waals surface area (Å²) >= 11 is 0. The summed E-state index contributed by atoms with van der Waals surface area (Å²) in [4.78, 5) is 25.3.